The zero-order chi connectivity index (χ0) is 20.8. The minimum atomic E-state index is -0.0624. The third-order valence-corrected chi connectivity index (χ3v) is 6.82. The van der Waals surface area contributed by atoms with Crippen LogP contribution in [0.2, 0.25) is 0 Å². The fourth-order valence-corrected chi connectivity index (χ4v) is 5.03. The third-order valence-electron chi connectivity index (χ3n) is 5.82. The highest BCUT2D eigenvalue weighted by molar-refractivity contribution is 7.10. The van der Waals surface area contributed by atoms with Gasteiger partial charge in [0.05, 0.1) is 12.6 Å². The summed E-state index contributed by atoms with van der Waals surface area (Å²) in [5.74, 6) is 0.135. The standard InChI is InChI=1S/C24H32N2O2S/c1-4-6-7-12-22(27)25(5-2)17-23(28)26-15-13-21-20(14-16-29-21)24(26)19-11-9-8-10-18(19)3/h8-11,14,16,24H,4-7,12-13,15,17H2,1-3H3/t24-/m0/s1. The number of nitrogens with zero attached hydrogens (tertiary/aromatic N) is 2. The number of amides is 2. The van der Waals surface area contributed by atoms with Gasteiger partial charge in [0.2, 0.25) is 11.8 Å². The van der Waals surface area contributed by atoms with Gasteiger partial charge < -0.3 is 9.80 Å². The Bertz CT molecular complexity index is 845. The molecule has 0 radical (unpaired) electrons. The molecule has 0 fully saturated rings. The molecule has 0 unspecified atom stereocenters. The Balaban J connectivity index is 1.81. The second-order valence-corrected chi connectivity index (χ2v) is 8.76. The Labute approximate surface area is 178 Å². The molecule has 29 heavy (non-hydrogen) atoms. The lowest BCUT2D eigenvalue weighted by atomic mass is 9.90. The number of carbonyl (C=O) groups is 2. The number of carbonyl (C=O) groups excluding carboxylic acids is 2. The van der Waals surface area contributed by atoms with Crippen molar-refractivity contribution in [3.63, 3.8) is 0 Å². The van der Waals surface area contributed by atoms with Crippen LogP contribution in [0.3, 0.4) is 0 Å². The number of thiophene rings is 1. The van der Waals surface area contributed by atoms with Crippen molar-refractivity contribution < 1.29 is 9.59 Å². The maximum Gasteiger partial charge on any atom is 0.242 e. The third kappa shape index (κ3) is 4.89. The van der Waals surface area contributed by atoms with Crippen LogP contribution in [0.5, 0.6) is 0 Å². The summed E-state index contributed by atoms with van der Waals surface area (Å²) in [7, 11) is 0. The lowest BCUT2D eigenvalue weighted by Crippen LogP contribution is -2.46. The lowest BCUT2D eigenvalue weighted by molar-refractivity contribution is -0.141. The smallest absolute Gasteiger partial charge is 0.242 e. The molecular weight excluding hydrogens is 380 g/mol. The Hall–Kier alpha value is -2.14. The number of fused-ring (bicyclic) bond motifs is 1. The minimum Gasteiger partial charge on any atom is -0.334 e. The van der Waals surface area contributed by atoms with Gasteiger partial charge in [0.15, 0.2) is 0 Å². The number of likely N-dealkylation sites (N-methyl/N-ethyl adjacent to an activating group) is 1. The van der Waals surface area contributed by atoms with Gasteiger partial charge in [0, 0.05) is 24.4 Å². The van der Waals surface area contributed by atoms with E-state index in [4.69, 9.17) is 0 Å². The minimum absolute atomic E-state index is 0.0424. The van der Waals surface area contributed by atoms with Crippen molar-refractivity contribution in [2.45, 2.75) is 58.9 Å². The number of hydrogen-bond acceptors (Lipinski definition) is 3. The van der Waals surface area contributed by atoms with Crippen LogP contribution in [0.15, 0.2) is 35.7 Å². The Morgan fingerprint density at radius 1 is 1.14 bits per heavy atom. The van der Waals surface area contributed by atoms with Crippen molar-refractivity contribution in [3.05, 3.63) is 57.3 Å². The van der Waals surface area contributed by atoms with Crippen molar-refractivity contribution in [2.24, 2.45) is 0 Å². The monoisotopic (exact) mass is 412 g/mol. The van der Waals surface area contributed by atoms with E-state index in [-0.39, 0.29) is 24.4 Å². The molecular formula is C24H32N2O2S. The molecule has 4 nitrogen and oxygen atoms in total. The van der Waals surface area contributed by atoms with E-state index in [2.05, 4.69) is 37.4 Å². The van der Waals surface area contributed by atoms with Gasteiger partial charge in [0.25, 0.3) is 0 Å². The Morgan fingerprint density at radius 2 is 1.93 bits per heavy atom. The first-order valence-corrected chi connectivity index (χ1v) is 11.6. The lowest BCUT2D eigenvalue weighted by Gasteiger charge is -2.38. The van der Waals surface area contributed by atoms with Gasteiger partial charge in [-0.1, -0.05) is 44.0 Å². The quantitative estimate of drug-likeness (QED) is 0.575. The molecule has 0 saturated heterocycles. The maximum atomic E-state index is 13.4. The van der Waals surface area contributed by atoms with Crippen molar-refractivity contribution >= 4 is 23.2 Å². The van der Waals surface area contributed by atoms with Crippen LogP contribution in [0, 0.1) is 6.92 Å². The molecule has 1 aliphatic rings. The molecule has 1 aliphatic heterocycles. The summed E-state index contributed by atoms with van der Waals surface area (Å²) >= 11 is 1.78. The fourth-order valence-electron chi connectivity index (χ4n) is 4.13. The van der Waals surface area contributed by atoms with Gasteiger partial charge in [-0.05, 0) is 54.8 Å². The van der Waals surface area contributed by atoms with Crippen LogP contribution in [0.1, 0.15) is 67.1 Å². The predicted octanol–water partition coefficient (Wildman–Crippen LogP) is 4.96. The van der Waals surface area contributed by atoms with E-state index >= 15 is 0 Å². The molecule has 1 atom stereocenters. The molecule has 2 aromatic rings. The van der Waals surface area contributed by atoms with Crippen molar-refractivity contribution in [1.82, 2.24) is 9.80 Å². The maximum absolute atomic E-state index is 13.4. The second-order valence-electron chi connectivity index (χ2n) is 7.76. The molecule has 0 bridgehead atoms. The molecule has 5 heteroatoms. The van der Waals surface area contributed by atoms with E-state index in [1.807, 2.05) is 24.0 Å². The van der Waals surface area contributed by atoms with Crippen LogP contribution in [0.4, 0.5) is 0 Å². The average Bonchev–Trinajstić information content (AvgIpc) is 3.20. The summed E-state index contributed by atoms with van der Waals surface area (Å²) in [4.78, 5) is 31.0. The van der Waals surface area contributed by atoms with Crippen LogP contribution in [-0.2, 0) is 16.0 Å². The summed E-state index contributed by atoms with van der Waals surface area (Å²) in [5, 5.41) is 2.12. The van der Waals surface area contributed by atoms with E-state index in [9.17, 15) is 9.59 Å². The van der Waals surface area contributed by atoms with E-state index in [1.54, 1.807) is 16.2 Å². The molecule has 0 aliphatic carbocycles. The Morgan fingerprint density at radius 3 is 2.66 bits per heavy atom. The number of rotatable bonds is 8. The Kier molecular flexibility index (Phi) is 7.48. The van der Waals surface area contributed by atoms with Gasteiger partial charge in [-0.3, -0.25) is 9.59 Å². The van der Waals surface area contributed by atoms with Gasteiger partial charge in [-0.2, -0.15) is 0 Å². The highest BCUT2D eigenvalue weighted by atomic mass is 32.1. The first-order valence-electron chi connectivity index (χ1n) is 10.8. The fraction of sp³-hybridized carbons (Fsp3) is 0.500. The topological polar surface area (TPSA) is 40.6 Å². The number of aryl methyl sites for hydroxylation is 1. The molecule has 0 spiro atoms. The molecule has 1 aromatic carbocycles. The first-order chi connectivity index (χ1) is 14.1. The van der Waals surface area contributed by atoms with Crippen molar-refractivity contribution in [3.8, 4) is 0 Å². The summed E-state index contributed by atoms with van der Waals surface area (Å²) in [5.41, 5.74) is 3.61. The summed E-state index contributed by atoms with van der Waals surface area (Å²) in [6.07, 6.45) is 4.46. The van der Waals surface area contributed by atoms with Crippen LogP contribution in [0.25, 0.3) is 0 Å². The summed E-state index contributed by atoms with van der Waals surface area (Å²) < 4.78 is 0. The number of unbranched alkanes of at least 4 members (excludes halogenated alkanes) is 2. The van der Waals surface area contributed by atoms with E-state index < -0.39 is 0 Å². The van der Waals surface area contributed by atoms with Crippen LogP contribution in [-0.4, -0.2) is 41.2 Å². The summed E-state index contributed by atoms with van der Waals surface area (Å²) in [6.45, 7) is 7.64. The predicted molar refractivity (Wildman–Crippen MR) is 119 cm³/mol. The van der Waals surface area contributed by atoms with Crippen molar-refractivity contribution in [1.29, 1.82) is 0 Å². The highest BCUT2D eigenvalue weighted by Gasteiger charge is 2.34. The van der Waals surface area contributed by atoms with Crippen LogP contribution < -0.4 is 0 Å². The zero-order valence-electron chi connectivity index (χ0n) is 17.8. The van der Waals surface area contributed by atoms with E-state index in [0.29, 0.717) is 19.5 Å². The molecule has 2 amide bonds. The number of benzene rings is 1. The molecule has 2 heterocycles. The number of hydrogen-bond donors (Lipinski definition) is 0. The molecule has 0 saturated carbocycles. The van der Waals surface area contributed by atoms with Crippen molar-refractivity contribution in [2.75, 3.05) is 19.6 Å². The first kappa shape index (κ1) is 21.6. The summed E-state index contributed by atoms with van der Waals surface area (Å²) in [6, 6.07) is 10.4. The molecule has 0 N–H and O–H groups in total. The van der Waals surface area contributed by atoms with E-state index in [0.717, 1.165) is 25.7 Å². The molecule has 3 rings (SSSR count). The second kappa shape index (κ2) is 10.1. The molecule has 1 aromatic heterocycles. The van der Waals surface area contributed by atoms with E-state index in [1.165, 1.54) is 21.6 Å². The van der Waals surface area contributed by atoms with Gasteiger partial charge >= 0.3 is 0 Å². The average molecular weight is 413 g/mol. The highest BCUT2D eigenvalue weighted by Crippen LogP contribution is 2.38. The van der Waals surface area contributed by atoms with Gasteiger partial charge in [-0.25, -0.2) is 0 Å². The molecule has 156 valence electrons. The largest absolute Gasteiger partial charge is 0.334 e. The SMILES string of the molecule is CCCCCC(=O)N(CC)CC(=O)N1CCc2sccc2[C@@H]1c1ccccc1C. The van der Waals surface area contributed by atoms with Crippen LogP contribution >= 0.6 is 11.3 Å². The van der Waals surface area contributed by atoms with Gasteiger partial charge in [0.1, 0.15) is 0 Å². The normalized spacial score (nSPS) is 15.8. The van der Waals surface area contributed by atoms with Gasteiger partial charge in [-0.15, -0.1) is 11.3 Å². The zero-order valence-corrected chi connectivity index (χ0v) is 18.6.